The van der Waals surface area contributed by atoms with Crippen molar-refractivity contribution in [2.24, 2.45) is 0 Å². The molecule has 0 spiro atoms. The zero-order valence-corrected chi connectivity index (χ0v) is 8.64. The van der Waals surface area contributed by atoms with Gasteiger partial charge in [-0.3, -0.25) is 4.98 Å². The number of pyridine rings is 1. The summed E-state index contributed by atoms with van der Waals surface area (Å²) in [6.07, 6.45) is 5.58. The van der Waals surface area contributed by atoms with Crippen molar-refractivity contribution in [2.75, 3.05) is 12.0 Å². The largest absolute Gasteiger partial charge is 0.397 e. The standard InChI is InChI=1S/C10H11N3S/c1-14-10-7(11)6-13-9(10)8-4-2-3-5-12-8/h2-6,13H,11H2,1H3. The van der Waals surface area contributed by atoms with Crippen LogP contribution in [0.25, 0.3) is 11.4 Å². The molecular formula is C10H11N3S. The number of anilines is 1. The van der Waals surface area contributed by atoms with E-state index in [-0.39, 0.29) is 0 Å². The first-order chi connectivity index (χ1) is 6.83. The summed E-state index contributed by atoms with van der Waals surface area (Å²) in [6, 6.07) is 5.82. The second-order valence-electron chi connectivity index (χ2n) is 2.87. The number of nitrogen functional groups attached to an aromatic ring is 1. The second kappa shape index (κ2) is 3.75. The molecule has 0 amide bonds. The molecular weight excluding hydrogens is 194 g/mol. The third-order valence-electron chi connectivity index (χ3n) is 1.99. The third-order valence-corrected chi connectivity index (χ3v) is 2.83. The number of H-pyrrole nitrogens is 1. The quantitative estimate of drug-likeness (QED) is 0.740. The monoisotopic (exact) mass is 205 g/mol. The Morgan fingerprint density at radius 1 is 1.43 bits per heavy atom. The summed E-state index contributed by atoms with van der Waals surface area (Å²) in [5.74, 6) is 0. The molecule has 2 aromatic rings. The number of aromatic amines is 1. The molecule has 2 heterocycles. The number of nitrogens with one attached hydrogen (secondary N) is 1. The SMILES string of the molecule is CSc1c(N)c[nH]c1-c1ccccn1. The average molecular weight is 205 g/mol. The normalized spacial score (nSPS) is 10.4. The van der Waals surface area contributed by atoms with E-state index in [1.165, 1.54) is 0 Å². The molecule has 2 aromatic heterocycles. The lowest BCUT2D eigenvalue weighted by atomic mass is 10.3. The Bertz CT molecular complexity index is 422. The molecule has 0 aliphatic heterocycles. The maximum Gasteiger partial charge on any atom is 0.0876 e. The van der Waals surface area contributed by atoms with Crippen LogP contribution in [0.4, 0.5) is 5.69 Å². The maximum absolute atomic E-state index is 5.81. The van der Waals surface area contributed by atoms with Crippen molar-refractivity contribution in [3.63, 3.8) is 0 Å². The van der Waals surface area contributed by atoms with Gasteiger partial charge in [0.1, 0.15) is 0 Å². The maximum atomic E-state index is 5.81. The lowest BCUT2D eigenvalue weighted by Gasteiger charge is -2.00. The van der Waals surface area contributed by atoms with Crippen LogP contribution in [-0.4, -0.2) is 16.2 Å². The first-order valence-corrected chi connectivity index (χ1v) is 5.47. The highest BCUT2D eigenvalue weighted by molar-refractivity contribution is 7.98. The van der Waals surface area contributed by atoms with Crippen molar-refractivity contribution >= 4 is 17.4 Å². The van der Waals surface area contributed by atoms with Crippen LogP contribution in [0.1, 0.15) is 0 Å². The topological polar surface area (TPSA) is 54.7 Å². The Morgan fingerprint density at radius 3 is 2.93 bits per heavy atom. The van der Waals surface area contributed by atoms with E-state index in [0.717, 1.165) is 22.0 Å². The van der Waals surface area contributed by atoms with E-state index in [9.17, 15) is 0 Å². The van der Waals surface area contributed by atoms with Crippen LogP contribution >= 0.6 is 11.8 Å². The van der Waals surface area contributed by atoms with E-state index in [1.54, 1.807) is 24.2 Å². The first-order valence-electron chi connectivity index (χ1n) is 4.25. The summed E-state index contributed by atoms with van der Waals surface area (Å²) in [7, 11) is 0. The van der Waals surface area contributed by atoms with Gasteiger partial charge in [-0.15, -0.1) is 11.8 Å². The Hall–Kier alpha value is -1.42. The summed E-state index contributed by atoms with van der Waals surface area (Å²) in [6.45, 7) is 0. The van der Waals surface area contributed by atoms with Crippen molar-refractivity contribution in [1.82, 2.24) is 9.97 Å². The van der Waals surface area contributed by atoms with E-state index < -0.39 is 0 Å². The number of rotatable bonds is 2. The Balaban J connectivity index is 2.52. The van der Waals surface area contributed by atoms with Gasteiger partial charge in [-0.05, 0) is 18.4 Å². The van der Waals surface area contributed by atoms with Gasteiger partial charge in [0.15, 0.2) is 0 Å². The van der Waals surface area contributed by atoms with Gasteiger partial charge >= 0.3 is 0 Å². The van der Waals surface area contributed by atoms with E-state index in [2.05, 4.69) is 9.97 Å². The van der Waals surface area contributed by atoms with E-state index in [1.807, 2.05) is 24.5 Å². The fourth-order valence-electron chi connectivity index (χ4n) is 1.35. The van der Waals surface area contributed by atoms with Gasteiger partial charge in [-0.25, -0.2) is 0 Å². The highest BCUT2D eigenvalue weighted by Crippen LogP contribution is 2.32. The highest BCUT2D eigenvalue weighted by Gasteiger charge is 2.09. The van der Waals surface area contributed by atoms with Crippen LogP contribution in [-0.2, 0) is 0 Å². The van der Waals surface area contributed by atoms with Gasteiger partial charge in [0.05, 0.1) is 22.0 Å². The molecule has 2 rings (SSSR count). The minimum atomic E-state index is 0.776. The van der Waals surface area contributed by atoms with Gasteiger partial charge in [-0.1, -0.05) is 6.07 Å². The predicted molar refractivity (Wildman–Crippen MR) is 60.2 cm³/mol. The van der Waals surface area contributed by atoms with Crippen LogP contribution in [0.2, 0.25) is 0 Å². The van der Waals surface area contributed by atoms with E-state index in [0.29, 0.717) is 0 Å². The summed E-state index contributed by atoms with van der Waals surface area (Å²) in [4.78, 5) is 8.46. The minimum Gasteiger partial charge on any atom is -0.397 e. The fraction of sp³-hybridized carbons (Fsp3) is 0.100. The van der Waals surface area contributed by atoms with Crippen LogP contribution in [0.5, 0.6) is 0 Å². The van der Waals surface area contributed by atoms with Crippen molar-refractivity contribution in [2.45, 2.75) is 4.90 Å². The molecule has 0 aliphatic rings. The van der Waals surface area contributed by atoms with E-state index in [4.69, 9.17) is 5.73 Å². The summed E-state index contributed by atoms with van der Waals surface area (Å²) in [5, 5.41) is 0. The Kier molecular flexibility index (Phi) is 2.45. The van der Waals surface area contributed by atoms with Crippen molar-refractivity contribution < 1.29 is 0 Å². The molecule has 14 heavy (non-hydrogen) atoms. The zero-order chi connectivity index (χ0) is 9.97. The number of nitrogens with zero attached hydrogens (tertiary/aromatic N) is 1. The van der Waals surface area contributed by atoms with Crippen LogP contribution in [0.3, 0.4) is 0 Å². The molecule has 0 aromatic carbocycles. The molecule has 0 saturated carbocycles. The summed E-state index contributed by atoms with van der Waals surface area (Å²) in [5.41, 5.74) is 8.51. The number of nitrogens with two attached hydrogens (primary N) is 1. The molecule has 0 aliphatic carbocycles. The smallest absolute Gasteiger partial charge is 0.0876 e. The van der Waals surface area contributed by atoms with Gasteiger partial charge in [0.25, 0.3) is 0 Å². The van der Waals surface area contributed by atoms with Gasteiger partial charge in [0.2, 0.25) is 0 Å². The van der Waals surface area contributed by atoms with Crippen molar-refractivity contribution in [1.29, 1.82) is 0 Å². The molecule has 0 fully saturated rings. The summed E-state index contributed by atoms with van der Waals surface area (Å²) < 4.78 is 0. The molecule has 4 heteroatoms. The van der Waals surface area contributed by atoms with Crippen molar-refractivity contribution in [3.8, 4) is 11.4 Å². The van der Waals surface area contributed by atoms with Gasteiger partial charge in [-0.2, -0.15) is 0 Å². The Morgan fingerprint density at radius 2 is 2.29 bits per heavy atom. The first kappa shape index (κ1) is 9.15. The predicted octanol–water partition coefficient (Wildman–Crippen LogP) is 2.38. The van der Waals surface area contributed by atoms with Crippen LogP contribution in [0, 0.1) is 0 Å². The number of hydrogen-bond donors (Lipinski definition) is 2. The number of hydrogen-bond acceptors (Lipinski definition) is 3. The minimum absolute atomic E-state index is 0.776. The molecule has 0 saturated heterocycles. The fourth-order valence-corrected chi connectivity index (χ4v) is 2.01. The average Bonchev–Trinajstić information content (AvgIpc) is 2.61. The van der Waals surface area contributed by atoms with Crippen LogP contribution in [0.15, 0.2) is 35.5 Å². The zero-order valence-electron chi connectivity index (χ0n) is 7.82. The molecule has 72 valence electrons. The van der Waals surface area contributed by atoms with E-state index >= 15 is 0 Å². The molecule has 0 atom stereocenters. The lowest BCUT2D eigenvalue weighted by Crippen LogP contribution is -1.85. The van der Waals surface area contributed by atoms with Crippen LogP contribution < -0.4 is 5.73 Å². The molecule has 0 radical (unpaired) electrons. The highest BCUT2D eigenvalue weighted by atomic mass is 32.2. The third kappa shape index (κ3) is 1.48. The van der Waals surface area contributed by atoms with Gasteiger partial charge in [0, 0.05) is 12.4 Å². The second-order valence-corrected chi connectivity index (χ2v) is 3.68. The number of thioether (sulfide) groups is 1. The lowest BCUT2D eigenvalue weighted by molar-refractivity contribution is 1.26. The molecule has 3 N–H and O–H groups in total. The molecule has 0 unspecified atom stereocenters. The Labute approximate surface area is 86.7 Å². The van der Waals surface area contributed by atoms with Gasteiger partial charge < -0.3 is 10.7 Å². The molecule has 3 nitrogen and oxygen atoms in total. The molecule has 0 bridgehead atoms. The summed E-state index contributed by atoms with van der Waals surface area (Å²) >= 11 is 1.63. The number of aromatic nitrogens is 2. The van der Waals surface area contributed by atoms with Crippen molar-refractivity contribution in [3.05, 3.63) is 30.6 Å².